The van der Waals surface area contributed by atoms with E-state index in [1.54, 1.807) is 24.3 Å². The van der Waals surface area contributed by atoms with Crippen LogP contribution in [0.1, 0.15) is 0 Å². The van der Waals surface area contributed by atoms with Crippen molar-refractivity contribution in [2.24, 2.45) is 0 Å². The number of hydrogen-bond acceptors (Lipinski definition) is 3. The van der Waals surface area contributed by atoms with Gasteiger partial charge in [-0.1, -0.05) is 12.1 Å². The predicted molar refractivity (Wildman–Crippen MR) is 80.9 cm³/mol. The van der Waals surface area contributed by atoms with Gasteiger partial charge in [0.2, 0.25) is 5.91 Å². The maximum atomic E-state index is 13.6. The molecule has 0 fully saturated rings. The number of carbonyl (C=O) groups is 1. The van der Waals surface area contributed by atoms with E-state index in [0.29, 0.717) is 17.1 Å². The van der Waals surface area contributed by atoms with E-state index < -0.39 is 41.2 Å². The van der Waals surface area contributed by atoms with Crippen molar-refractivity contribution in [3.63, 3.8) is 0 Å². The lowest BCUT2D eigenvalue weighted by Crippen LogP contribution is -2.28. The normalized spacial score (nSPS) is 10.8. The number of nitrogens with one attached hydrogen (secondary N) is 1. The molecule has 0 spiro atoms. The van der Waals surface area contributed by atoms with Crippen LogP contribution in [0.2, 0.25) is 0 Å². The number of para-hydroxylation sites is 2. The van der Waals surface area contributed by atoms with Crippen LogP contribution >= 0.6 is 0 Å². The fraction of sp³-hybridized carbons (Fsp3) is 0.0625. The van der Waals surface area contributed by atoms with E-state index in [9.17, 15) is 22.8 Å². The molecule has 1 amide bonds. The molecule has 0 aliphatic carbocycles. The molecule has 2 aromatic carbocycles. The number of halogens is 3. The molecule has 3 rings (SSSR count). The number of anilines is 1. The second kappa shape index (κ2) is 6.15. The largest absolute Gasteiger partial charge is 0.322 e. The Morgan fingerprint density at radius 2 is 1.83 bits per heavy atom. The van der Waals surface area contributed by atoms with Crippen LogP contribution < -0.4 is 10.9 Å². The number of fused-ring (bicyclic) bond motifs is 1. The van der Waals surface area contributed by atoms with Gasteiger partial charge in [-0.3, -0.25) is 14.2 Å². The minimum Gasteiger partial charge on any atom is -0.322 e. The van der Waals surface area contributed by atoms with Gasteiger partial charge in [0.05, 0.1) is 22.9 Å². The summed E-state index contributed by atoms with van der Waals surface area (Å²) in [6, 6.07) is 8.27. The first-order valence-corrected chi connectivity index (χ1v) is 6.85. The highest BCUT2D eigenvalue weighted by Crippen LogP contribution is 2.19. The molecule has 0 aliphatic rings. The van der Waals surface area contributed by atoms with Crippen LogP contribution in [0, 0.1) is 17.5 Å². The first kappa shape index (κ1) is 15.7. The molecule has 0 radical (unpaired) electrons. The lowest BCUT2D eigenvalue weighted by molar-refractivity contribution is -0.116. The summed E-state index contributed by atoms with van der Waals surface area (Å²) in [4.78, 5) is 27.9. The highest BCUT2D eigenvalue weighted by atomic mass is 19.2. The summed E-state index contributed by atoms with van der Waals surface area (Å²) in [5, 5.41) is 2.12. The van der Waals surface area contributed by atoms with E-state index in [1.165, 1.54) is 0 Å². The van der Waals surface area contributed by atoms with Crippen LogP contribution in [0.5, 0.6) is 0 Å². The van der Waals surface area contributed by atoms with Gasteiger partial charge in [-0.15, -0.1) is 0 Å². The average molecular weight is 333 g/mol. The first-order valence-electron chi connectivity index (χ1n) is 6.85. The van der Waals surface area contributed by atoms with E-state index in [1.807, 2.05) is 0 Å². The summed E-state index contributed by atoms with van der Waals surface area (Å²) in [5.74, 6) is -5.31. The van der Waals surface area contributed by atoms with Gasteiger partial charge in [0.1, 0.15) is 6.54 Å². The number of aromatic nitrogens is 2. The molecule has 1 N–H and O–H groups in total. The molecule has 0 saturated carbocycles. The minimum atomic E-state index is -1.68. The summed E-state index contributed by atoms with van der Waals surface area (Å²) in [6.07, 6.45) is 1.06. The van der Waals surface area contributed by atoms with E-state index >= 15 is 0 Å². The SMILES string of the molecule is O=C(Cn1c(=O)cnc2ccccc21)Nc1ccc(F)c(F)c1F. The summed E-state index contributed by atoms with van der Waals surface area (Å²) in [5.41, 5.74) is -0.102. The minimum absolute atomic E-state index is 0.422. The van der Waals surface area contributed by atoms with Gasteiger partial charge in [-0.2, -0.15) is 0 Å². The zero-order valence-electron chi connectivity index (χ0n) is 12.1. The Bertz CT molecular complexity index is 1000. The van der Waals surface area contributed by atoms with Crippen molar-refractivity contribution < 1.29 is 18.0 Å². The van der Waals surface area contributed by atoms with Crippen molar-refractivity contribution in [1.29, 1.82) is 0 Å². The number of carbonyl (C=O) groups excluding carboxylic acids is 1. The van der Waals surface area contributed by atoms with E-state index in [0.717, 1.165) is 16.8 Å². The molecule has 5 nitrogen and oxygen atoms in total. The van der Waals surface area contributed by atoms with Crippen LogP contribution in [-0.2, 0) is 11.3 Å². The number of benzene rings is 2. The number of hydrogen-bond donors (Lipinski definition) is 1. The molecule has 122 valence electrons. The van der Waals surface area contributed by atoms with Crippen LogP contribution in [0.25, 0.3) is 11.0 Å². The Labute approximate surface area is 133 Å². The lowest BCUT2D eigenvalue weighted by atomic mass is 10.2. The van der Waals surface area contributed by atoms with Crippen molar-refractivity contribution in [2.75, 3.05) is 5.32 Å². The quantitative estimate of drug-likeness (QED) is 0.749. The summed E-state index contributed by atoms with van der Waals surface area (Å²) in [7, 11) is 0. The monoisotopic (exact) mass is 333 g/mol. The topological polar surface area (TPSA) is 64.0 Å². The Morgan fingerprint density at radius 1 is 1.08 bits per heavy atom. The Kier molecular flexibility index (Phi) is 4.03. The molecule has 0 aliphatic heterocycles. The second-order valence-corrected chi connectivity index (χ2v) is 4.94. The van der Waals surface area contributed by atoms with Gasteiger partial charge in [0.25, 0.3) is 5.56 Å². The van der Waals surface area contributed by atoms with E-state index in [4.69, 9.17) is 0 Å². The van der Waals surface area contributed by atoms with Gasteiger partial charge in [0, 0.05) is 0 Å². The van der Waals surface area contributed by atoms with Crippen LogP contribution in [0.4, 0.5) is 18.9 Å². The molecule has 0 unspecified atom stereocenters. The Balaban J connectivity index is 1.90. The summed E-state index contributed by atoms with van der Waals surface area (Å²) in [6.45, 7) is -0.430. The van der Waals surface area contributed by atoms with Crippen LogP contribution in [-0.4, -0.2) is 15.5 Å². The second-order valence-electron chi connectivity index (χ2n) is 4.94. The van der Waals surface area contributed by atoms with Crippen molar-refractivity contribution in [2.45, 2.75) is 6.54 Å². The van der Waals surface area contributed by atoms with Gasteiger partial charge < -0.3 is 5.32 Å². The maximum Gasteiger partial charge on any atom is 0.269 e. The van der Waals surface area contributed by atoms with Gasteiger partial charge in [-0.25, -0.2) is 18.2 Å². The third kappa shape index (κ3) is 2.85. The van der Waals surface area contributed by atoms with Crippen molar-refractivity contribution in [3.8, 4) is 0 Å². The molecule has 1 aromatic heterocycles. The molecule has 0 bridgehead atoms. The summed E-state index contributed by atoms with van der Waals surface area (Å²) < 4.78 is 40.8. The van der Waals surface area contributed by atoms with Crippen molar-refractivity contribution >= 4 is 22.6 Å². The number of amides is 1. The van der Waals surface area contributed by atoms with Crippen LogP contribution in [0.3, 0.4) is 0 Å². The lowest BCUT2D eigenvalue weighted by Gasteiger charge is -2.11. The molecule has 24 heavy (non-hydrogen) atoms. The number of rotatable bonds is 3. The van der Waals surface area contributed by atoms with Gasteiger partial charge >= 0.3 is 0 Å². The molecule has 3 aromatic rings. The molecule has 8 heteroatoms. The highest BCUT2D eigenvalue weighted by molar-refractivity contribution is 5.91. The first-order chi connectivity index (χ1) is 11.5. The average Bonchev–Trinajstić information content (AvgIpc) is 2.58. The Morgan fingerprint density at radius 3 is 2.62 bits per heavy atom. The zero-order valence-corrected chi connectivity index (χ0v) is 12.1. The predicted octanol–water partition coefficient (Wildman–Crippen LogP) is 2.45. The van der Waals surface area contributed by atoms with Crippen molar-refractivity contribution in [3.05, 3.63) is 70.4 Å². The van der Waals surface area contributed by atoms with Crippen LogP contribution in [0.15, 0.2) is 47.4 Å². The molecular weight excluding hydrogens is 323 g/mol. The molecule has 1 heterocycles. The van der Waals surface area contributed by atoms with E-state index in [-0.39, 0.29) is 0 Å². The Hall–Kier alpha value is -3.16. The molecule has 0 atom stereocenters. The molecular formula is C16H10F3N3O2. The third-order valence-corrected chi connectivity index (χ3v) is 3.36. The third-order valence-electron chi connectivity index (χ3n) is 3.36. The molecule has 0 saturated heterocycles. The van der Waals surface area contributed by atoms with Gasteiger partial charge in [-0.05, 0) is 24.3 Å². The van der Waals surface area contributed by atoms with E-state index in [2.05, 4.69) is 10.3 Å². The zero-order chi connectivity index (χ0) is 17.3. The maximum absolute atomic E-state index is 13.6. The summed E-state index contributed by atoms with van der Waals surface area (Å²) >= 11 is 0. The number of nitrogens with zero attached hydrogens (tertiary/aromatic N) is 2. The smallest absolute Gasteiger partial charge is 0.269 e. The van der Waals surface area contributed by atoms with Crippen molar-refractivity contribution in [1.82, 2.24) is 9.55 Å². The fourth-order valence-corrected chi connectivity index (χ4v) is 2.23. The highest BCUT2D eigenvalue weighted by Gasteiger charge is 2.16. The fourth-order valence-electron chi connectivity index (χ4n) is 2.23. The van der Waals surface area contributed by atoms with Gasteiger partial charge in [0.15, 0.2) is 17.5 Å². The standard InChI is InChI=1S/C16H10F3N3O2/c17-9-5-6-11(16(19)15(9)18)21-13(23)8-22-12-4-2-1-3-10(12)20-7-14(22)24/h1-7H,8H2,(H,21,23).